The third kappa shape index (κ3) is 1.75. The lowest BCUT2D eigenvalue weighted by Crippen LogP contribution is -2.61. The average molecular weight is 303 g/mol. The Morgan fingerprint density at radius 3 is 2.68 bits per heavy atom. The van der Waals surface area contributed by atoms with Crippen LogP contribution in [0.1, 0.15) is 65.2 Å². The molecule has 1 aliphatic heterocycles. The molecule has 0 radical (unpaired) electrons. The van der Waals surface area contributed by atoms with Crippen LogP contribution in [0, 0.1) is 28.6 Å². The molecule has 6 atom stereocenters. The fourth-order valence-electron chi connectivity index (χ4n) is 6.70. The first-order valence-corrected chi connectivity index (χ1v) is 9.05. The van der Waals surface area contributed by atoms with E-state index in [1.165, 1.54) is 31.4 Å². The Hall–Kier alpha value is -1.06. The van der Waals surface area contributed by atoms with Gasteiger partial charge in [0.05, 0.1) is 0 Å². The van der Waals surface area contributed by atoms with Crippen LogP contribution in [-0.4, -0.2) is 17.7 Å². The fourth-order valence-corrected chi connectivity index (χ4v) is 6.70. The Kier molecular flexibility index (Phi) is 3.11. The largest absolute Gasteiger partial charge is 0.353 e. The highest BCUT2D eigenvalue weighted by Gasteiger charge is 2.59. The quantitative estimate of drug-likeness (QED) is 0.534. The summed E-state index contributed by atoms with van der Waals surface area (Å²) in [4.78, 5) is 11.8. The van der Waals surface area contributed by atoms with Crippen LogP contribution < -0.4 is 11.2 Å². The van der Waals surface area contributed by atoms with Gasteiger partial charge in [-0.15, -0.1) is 0 Å². The van der Waals surface area contributed by atoms with Crippen molar-refractivity contribution in [3.8, 4) is 0 Å². The van der Waals surface area contributed by atoms with Gasteiger partial charge in [-0.25, -0.2) is 0 Å². The zero-order valence-electron chi connectivity index (χ0n) is 13.9. The summed E-state index contributed by atoms with van der Waals surface area (Å²) in [6.07, 6.45) is 9.08. The van der Waals surface area contributed by atoms with Gasteiger partial charge in [-0.05, 0) is 68.1 Å². The van der Waals surface area contributed by atoms with E-state index in [2.05, 4.69) is 24.3 Å². The molecule has 1 amide bonds. The maximum Gasteiger partial charge on any atom is 0.220 e. The molecule has 4 heteroatoms. The summed E-state index contributed by atoms with van der Waals surface area (Å²) in [5.74, 6) is 8.27. The van der Waals surface area contributed by atoms with Crippen molar-refractivity contribution in [2.45, 2.75) is 71.3 Å². The molecule has 3 saturated carbocycles. The van der Waals surface area contributed by atoms with Crippen molar-refractivity contribution in [3.05, 3.63) is 0 Å². The summed E-state index contributed by atoms with van der Waals surface area (Å²) in [5, 5.41) is 7.45. The van der Waals surface area contributed by atoms with Crippen molar-refractivity contribution in [2.24, 2.45) is 39.5 Å². The molecule has 22 heavy (non-hydrogen) atoms. The number of nitrogens with two attached hydrogens (primary N) is 1. The Morgan fingerprint density at radius 2 is 1.91 bits per heavy atom. The van der Waals surface area contributed by atoms with Crippen molar-refractivity contribution in [2.75, 3.05) is 0 Å². The second-order valence-corrected chi connectivity index (χ2v) is 8.65. The summed E-state index contributed by atoms with van der Waals surface area (Å²) in [7, 11) is 0. The highest BCUT2D eigenvalue weighted by Crippen LogP contribution is 2.63. The molecular weight excluding hydrogens is 274 g/mol. The first-order valence-electron chi connectivity index (χ1n) is 9.05. The van der Waals surface area contributed by atoms with E-state index in [0.717, 1.165) is 37.0 Å². The third-order valence-electron chi connectivity index (χ3n) is 7.99. The normalized spacial score (nSPS) is 52.6. The molecule has 0 aromatic rings. The number of hydrogen-bond donors (Lipinski definition) is 2. The van der Waals surface area contributed by atoms with Gasteiger partial charge in [-0.3, -0.25) is 4.79 Å². The van der Waals surface area contributed by atoms with Crippen LogP contribution >= 0.6 is 0 Å². The molecule has 3 N–H and O–H groups in total. The smallest absolute Gasteiger partial charge is 0.220 e. The lowest BCUT2D eigenvalue weighted by atomic mass is 9.47. The van der Waals surface area contributed by atoms with Crippen molar-refractivity contribution in [1.82, 2.24) is 5.32 Å². The first-order chi connectivity index (χ1) is 10.5. The summed E-state index contributed by atoms with van der Waals surface area (Å²) in [6, 6.07) is 0.406. The molecule has 3 aliphatic carbocycles. The highest BCUT2D eigenvalue weighted by atomic mass is 16.1. The van der Waals surface area contributed by atoms with E-state index in [0.29, 0.717) is 17.9 Å². The number of rotatable bonds is 0. The van der Waals surface area contributed by atoms with E-state index in [1.807, 2.05) is 0 Å². The van der Waals surface area contributed by atoms with E-state index in [-0.39, 0.29) is 11.3 Å². The zero-order chi connectivity index (χ0) is 15.5. The van der Waals surface area contributed by atoms with Gasteiger partial charge in [0.25, 0.3) is 0 Å². The highest BCUT2D eigenvalue weighted by molar-refractivity contribution is 5.92. The van der Waals surface area contributed by atoms with Gasteiger partial charge in [0.15, 0.2) is 0 Å². The van der Waals surface area contributed by atoms with Crippen molar-refractivity contribution >= 4 is 11.6 Å². The summed E-state index contributed by atoms with van der Waals surface area (Å²) < 4.78 is 0. The van der Waals surface area contributed by atoms with Crippen LogP contribution in [0.4, 0.5) is 0 Å². The van der Waals surface area contributed by atoms with Gasteiger partial charge in [0.1, 0.15) is 0 Å². The molecule has 1 heterocycles. The second-order valence-electron chi connectivity index (χ2n) is 8.65. The standard InChI is InChI=1S/C18H29N3O/c1-17-10-8-16(22)20-14(17)5-3-11-12-4-6-15(21-19)18(12,2)9-7-13(11)17/h11-14H,3-10,19H2,1-2H3,(H,20,22)/t11-,12-,13-,14+,17+,18-/m0/s1. The molecule has 4 rings (SSSR count). The minimum Gasteiger partial charge on any atom is -0.353 e. The van der Waals surface area contributed by atoms with Crippen LogP contribution in [0.5, 0.6) is 0 Å². The first kappa shape index (κ1) is 14.5. The van der Waals surface area contributed by atoms with E-state index in [9.17, 15) is 4.79 Å². The Bertz CT molecular complexity index is 530. The molecule has 4 nitrogen and oxygen atoms in total. The van der Waals surface area contributed by atoms with E-state index < -0.39 is 0 Å². The number of carbonyl (C=O) groups is 1. The van der Waals surface area contributed by atoms with Crippen molar-refractivity contribution in [3.63, 3.8) is 0 Å². The van der Waals surface area contributed by atoms with Crippen LogP contribution in [-0.2, 0) is 4.79 Å². The molecule has 0 aromatic carbocycles. The fraction of sp³-hybridized carbons (Fsp3) is 0.889. The summed E-state index contributed by atoms with van der Waals surface area (Å²) >= 11 is 0. The van der Waals surface area contributed by atoms with Crippen LogP contribution in [0.25, 0.3) is 0 Å². The zero-order valence-corrected chi connectivity index (χ0v) is 13.9. The van der Waals surface area contributed by atoms with Gasteiger partial charge in [0, 0.05) is 23.6 Å². The molecule has 0 aromatic heterocycles. The molecule has 0 spiro atoms. The van der Waals surface area contributed by atoms with Gasteiger partial charge in [-0.2, -0.15) is 5.10 Å². The van der Waals surface area contributed by atoms with Crippen LogP contribution in [0.2, 0.25) is 0 Å². The Morgan fingerprint density at radius 1 is 1.09 bits per heavy atom. The van der Waals surface area contributed by atoms with E-state index in [1.54, 1.807) is 0 Å². The van der Waals surface area contributed by atoms with E-state index >= 15 is 0 Å². The molecule has 0 unspecified atom stereocenters. The Balaban J connectivity index is 1.65. The SMILES string of the molecule is C[C@]12CCC(=O)N[C@@H]1CC[C@@H]1[C@@H]2CC[C@]2(C)C(=NN)CC[C@@H]12. The van der Waals surface area contributed by atoms with Crippen molar-refractivity contribution < 1.29 is 4.79 Å². The third-order valence-corrected chi connectivity index (χ3v) is 7.99. The number of fused-ring (bicyclic) bond motifs is 5. The number of hydrazone groups is 1. The molecule has 4 fully saturated rings. The van der Waals surface area contributed by atoms with Crippen LogP contribution in [0.15, 0.2) is 5.10 Å². The minimum absolute atomic E-state index is 0.247. The molecule has 122 valence electrons. The number of carbonyl (C=O) groups excluding carboxylic acids is 1. The van der Waals surface area contributed by atoms with Gasteiger partial charge < -0.3 is 11.2 Å². The predicted molar refractivity (Wildman–Crippen MR) is 87.2 cm³/mol. The number of piperidine rings is 1. The lowest BCUT2D eigenvalue weighted by molar-refractivity contribution is -0.134. The summed E-state index contributed by atoms with van der Waals surface area (Å²) in [6.45, 7) is 4.85. The number of amides is 1. The van der Waals surface area contributed by atoms with Gasteiger partial charge in [-0.1, -0.05) is 13.8 Å². The molecular formula is C18H29N3O. The predicted octanol–water partition coefficient (Wildman–Crippen LogP) is 2.82. The van der Waals surface area contributed by atoms with Crippen LogP contribution in [0.3, 0.4) is 0 Å². The number of nitrogens with zero attached hydrogens (tertiary/aromatic N) is 1. The molecule has 4 aliphatic rings. The van der Waals surface area contributed by atoms with Gasteiger partial charge >= 0.3 is 0 Å². The minimum atomic E-state index is 0.247. The summed E-state index contributed by atoms with van der Waals surface area (Å²) in [5.41, 5.74) is 1.82. The Labute approximate surface area is 133 Å². The second kappa shape index (κ2) is 4.72. The molecule has 1 saturated heterocycles. The molecule has 0 bridgehead atoms. The maximum absolute atomic E-state index is 11.8. The number of hydrogen-bond acceptors (Lipinski definition) is 3. The number of nitrogens with one attached hydrogen (secondary N) is 1. The maximum atomic E-state index is 11.8. The van der Waals surface area contributed by atoms with Crippen molar-refractivity contribution in [1.29, 1.82) is 0 Å². The lowest BCUT2D eigenvalue weighted by Gasteiger charge is -2.59. The topological polar surface area (TPSA) is 67.5 Å². The monoisotopic (exact) mass is 303 g/mol. The van der Waals surface area contributed by atoms with Gasteiger partial charge in [0.2, 0.25) is 5.91 Å². The van der Waals surface area contributed by atoms with E-state index in [4.69, 9.17) is 5.84 Å². The average Bonchev–Trinajstić information content (AvgIpc) is 2.84.